The zero-order chi connectivity index (χ0) is 22.9. The minimum atomic E-state index is -0.605. The zero-order valence-electron chi connectivity index (χ0n) is 19.0. The molecular formula is C26H33FN2O3. The number of aryl methyl sites for hydroxylation is 1. The van der Waals surface area contributed by atoms with E-state index < -0.39 is 6.04 Å². The Bertz CT molecular complexity index is 877. The quantitative estimate of drug-likeness (QED) is 0.542. The van der Waals surface area contributed by atoms with Crippen molar-refractivity contribution >= 4 is 11.8 Å². The maximum absolute atomic E-state index is 13.3. The molecule has 1 atom stereocenters. The van der Waals surface area contributed by atoms with E-state index in [2.05, 4.69) is 5.32 Å². The summed E-state index contributed by atoms with van der Waals surface area (Å²) >= 11 is 0. The van der Waals surface area contributed by atoms with Gasteiger partial charge in [0.05, 0.1) is 6.61 Å². The van der Waals surface area contributed by atoms with Gasteiger partial charge in [0, 0.05) is 19.0 Å². The van der Waals surface area contributed by atoms with Crippen molar-refractivity contribution in [3.8, 4) is 5.75 Å². The molecule has 1 aliphatic rings. The molecule has 1 aliphatic carbocycles. The number of hydrogen-bond acceptors (Lipinski definition) is 3. The summed E-state index contributed by atoms with van der Waals surface area (Å²) in [5.74, 6) is 0.196. The first-order valence-corrected chi connectivity index (χ1v) is 11.5. The predicted molar refractivity (Wildman–Crippen MR) is 123 cm³/mol. The molecule has 2 aromatic carbocycles. The topological polar surface area (TPSA) is 58.6 Å². The fraction of sp³-hybridized carbons (Fsp3) is 0.462. The summed E-state index contributed by atoms with van der Waals surface area (Å²) in [6.07, 6.45) is 5.04. The minimum absolute atomic E-state index is 0.115. The predicted octanol–water partition coefficient (Wildman–Crippen LogP) is 4.77. The third kappa shape index (κ3) is 7.08. The maximum Gasteiger partial charge on any atom is 0.242 e. The second-order valence-electron chi connectivity index (χ2n) is 8.58. The Morgan fingerprint density at radius 3 is 2.41 bits per heavy atom. The molecule has 5 nitrogen and oxygen atoms in total. The fourth-order valence-electron chi connectivity index (χ4n) is 3.95. The van der Waals surface area contributed by atoms with E-state index in [9.17, 15) is 14.0 Å². The van der Waals surface area contributed by atoms with E-state index in [-0.39, 0.29) is 36.6 Å². The summed E-state index contributed by atoms with van der Waals surface area (Å²) in [6, 6.07) is 13.4. The molecule has 32 heavy (non-hydrogen) atoms. The van der Waals surface area contributed by atoms with Crippen LogP contribution in [0, 0.1) is 12.7 Å². The van der Waals surface area contributed by atoms with Crippen molar-refractivity contribution in [1.82, 2.24) is 10.2 Å². The molecule has 0 unspecified atom stereocenters. The maximum atomic E-state index is 13.3. The van der Waals surface area contributed by atoms with E-state index in [1.165, 1.54) is 12.1 Å². The molecule has 6 heteroatoms. The zero-order valence-corrected chi connectivity index (χ0v) is 19.0. The number of ether oxygens (including phenoxy) is 1. The van der Waals surface area contributed by atoms with Crippen molar-refractivity contribution in [3.05, 3.63) is 65.5 Å². The first-order valence-electron chi connectivity index (χ1n) is 11.5. The number of rotatable bonds is 10. The van der Waals surface area contributed by atoms with Crippen LogP contribution in [0.2, 0.25) is 0 Å². The van der Waals surface area contributed by atoms with E-state index >= 15 is 0 Å². The summed E-state index contributed by atoms with van der Waals surface area (Å²) in [7, 11) is 0. The lowest BCUT2D eigenvalue weighted by Gasteiger charge is -2.30. The summed E-state index contributed by atoms with van der Waals surface area (Å²) in [4.78, 5) is 27.5. The minimum Gasteiger partial charge on any atom is -0.494 e. The van der Waals surface area contributed by atoms with Crippen molar-refractivity contribution in [2.45, 2.75) is 71.0 Å². The number of benzene rings is 2. The smallest absolute Gasteiger partial charge is 0.242 e. The van der Waals surface area contributed by atoms with Gasteiger partial charge in [-0.05, 0) is 62.9 Å². The molecule has 0 radical (unpaired) electrons. The van der Waals surface area contributed by atoms with E-state index in [1.807, 2.05) is 31.2 Å². The molecule has 0 aromatic heterocycles. The number of carbonyl (C=O) groups excluding carboxylic acids is 2. The molecule has 0 saturated heterocycles. The van der Waals surface area contributed by atoms with Crippen LogP contribution in [0.4, 0.5) is 4.39 Å². The van der Waals surface area contributed by atoms with Crippen LogP contribution in [0.15, 0.2) is 48.5 Å². The fourth-order valence-corrected chi connectivity index (χ4v) is 3.95. The third-order valence-electron chi connectivity index (χ3n) is 5.96. The average molecular weight is 441 g/mol. The second kappa shape index (κ2) is 11.7. The molecule has 2 aromatic rings. The highest BCUT2D eigenvalue weighted by atomic mass is 19.1. The van der Waals surface area contributed by atoms with Gasteiger partial charge in [-0.3, -0.25) is 9.59 Å². The van der Waals surface area contributed by atoms with Crippen LogP contribution in [0.5, 0.6) is 5.75 Å². The highest BCUT2D eigenvalue weighted by molar-refractivity contribution is 5.87. The van der Waals surface area contributed by atoms with Gasteiger partial charge in [-0.2, -0.15) is 0 Å². The largest absolute Gasteiger partial charge is 0.494 e. The summed E-state index contributed by atoms with van der Waals surface area (Å²) in [5.41, 5.74) is 1.95. The summed E-state index contributed by atoms with van der Waals surface area (Å²) < 4.78 is 19.0. The van der Waals surface area contributed by atoms with Crippen LogP contribution in [0.1, 0.15) is 56.6 Å². The van der Waals surface area contributed by atoms with Gasteiger partial charge >= 0.3 is 0 Å². The molecule has 1 saturated carbocycles. The first-order chi connectivity index (χ1) is 15.4. The lowest BCUT2D eigenvalue weighted by Crippen LogP contribution is -2.49. The number of amides is 2. The average Bonchev–Trinajstić information content (AvgIpc) is 3.30. The van der Waals surface area contributed by atoms with Gasteiger partial charge in [-0.1, -0.05) is 42.7 Å². The molecule has 0 spiro atoms. The van der Waals surface area contributed by atoms with E-state index in [4.69, 9.17) is 4.74 Å². The Balaban J connectivity index is 1.59. The Labute approximate surface area is 190 Å². The highest BCUT2D eigenvalue weighted by Crippen LogP contribution is 2.19. The summed E-state index contributed by atoms with van der Waals surface area (Å²) in [5, 5.41) is 3.08. The number of nitrogens with one attached hydrogen (secondary N) is 1. The first kappa shape index (κ1) is 23.8. The van der Waals surface area contributed by atoms with Crippen molar-refractivity contribution < 1.29 is 18.7 Å². The van der Waals surface area contributed by atoms with Gasteiger partial charge in [-0.25, -0.2) is 4.39 Å². The number of halogens is 1. The summed E-state index contributed by atoms with van der Waals surface area (Å²) in [6.45, 7) is 4.45. The molecule has 0 bridgehead atoms. The molecule has 172 valence electrons. The van der Waals surface area contributed by atoms with Gasteiger partial charge in [-0.15, -0.1) is 0 Å². The molecular weight excluding hydrogens is 407 g/mol. The molecule has 0 heterocycles. The second-order valence-corrected chi connectivity index (χ2v) is 8.58. The van der Waals surface area contributed by atoms with Gasteiger partial charge in [0.15, 0.2) is 0 Å². The van der Waals surface area contributed by atoms with Crippen molar-refractivity contribution in [2.24, 2.45) is 0 Å². The van der Waals surface area contributed by atoms with Crippen molar-refractivity contribution in [1.29, 1.82) is 0 Å². The van der Waals surface area contributed by atoms with E-state index in [1.54, 1.807) is 24.0 Å². The molecule has 1 fully saturated rings. The lowest BCUT2D eigenvalue weighted by molar-refractivity contribution is -0.141. The monoisotopic (exact) mass is 440 g/mol. The van der Waals surface area contributed by atoms with E-state index in [0.717, 1.165) is 42.6 Å². The van der Waals surface area contributed by atoms with Crippen molar-refractivity contribution in [3.63, 3.8) is 0 Å². The van der Waals surface area contributed by atoms with E-state index in [0.29, 0.717) is 13.0 Å². The Morgan fingerprint density at radius 1 is 1.09 bits per heavy atom. The Morgan fingerprint density at radius 2 is 1.75 bits per heavy atom. The number of hydrogen-bond donors (Lipinski definition) is 1. The van der Waals surface area contributed by atoms with Crippen LogP contribution in [0.25, 0.3) is 0 Å². The normalized spacial score (nSPS) is 14.7. The Kier molecular flexibility index (Phi) is 8.65. The molecule has 1 N–H and O–H groups in total. The van der Waals surface area contributed by atoms with Crippen LogP contribution < -0.4 is 10.1 Å². The van der Waals surface area contributed by atoms with Crippen LogP contribution >= 0.6 is 0 Å². The van der Waals surface area contributed by atoms with Gasteiger partial charge in [0.1, 0.15) is 17.6 Å². The highest BCUT2D eigenvalue weighted by Gasteiger charge is 2.28. The van der Waals surface area contributed by atoms with Crippen LogP contribution in [0.3, 0.4) is 0 Å². The number of carbonyl (C=O) groups is 2. The molecule has 0 aliphatic heterocycles. The number of nitrogens with zero attached hydrogens (tertiary/aromatic N) is 1. The van der Waals surface area contributed by atoms with Gasteiger partial charge < -0.3 is 15.0 Å². The standard InChI is InChI=1S/C26H33FN2O3/c1-19-9-15-24(16-10-19)32-17-5-8-25(30)29(18-21-11-13-22(27)14-12-21)20(2)26(31)28-23-6-3-4-7-23/h9-16,20,23H,3-8,17-18H2,1-2H3,(H,28,31)/t20-/m0/s1. The van der Waals surface area contributed by atoms with Crippen LogP contribution in [-0.2, 0) is 16.1 Å². The lowest BCUT2D eigenvalue weighted by atomic mass is 10.1. The van der Waals surface area contributed by atoms with Crippen molar-refractivity contribution in [2.75, 3.05) is 6.61 Å². The van der Waals surface area contributed by atoms with Crippen LogP contribution in [-0.4, -0.2) is 35.4 Å². The molecule has 3 rings (SSSR count). The van der Waals surface area contributed by atoms with Gasteiger partial charge in [0.2, 0.25) is 11.8 Å². The molecule has 2 amide bonds. The Hall–Kier alpha value is -2.89. The third-order valence-corrected chi connectivity index (χ3v) is 5.96. The SMILES string of the molecule is Cc1ccc(OCCCC(=O)N(Cc2ccc(F)cc2)[C@@H](C)C(=O)NC2CCCC2)cc1. The van der Waals surface area contributed by atoms with Gasteiger partial charge in [0.25, 0.3) is 0 Å².